The first-order chi connectivity index (χ1) is 14.7. The zero-order valence-electron chi connectivity index (χ0n) is 15.9. The van der Waals surface area contributed by atoms with Crippen molar-refractivity contribution in [2.24, 2.45) is 10.1 Å². The molecule has 0 bridgehead atoms. The lowest BCUT2D eigenvalue weighted by Crippen LogP contribution is -2.34. The SMILES string of the molecule is NS(=O)(=O)c1ccc(N=Cc2ccc(CNC(=O)C(=O)Nc3cccc(Cl)c3)o2)cc1. The van der Waals surface area contributed by atoms with Crippen LogP contribution in [-0.4, -0.2) is 26.4 Å². The van der Waals surface area contributed by atoms with Gasteiger partial charge in [0, 0.05) is 10.7 Å². The van der Waals surface area contributed by atoms with E-state index < -0.39 is 21.8 Å². The number of rotatable bonds is 6. The van der Waals surface area contributed by atoms with E-state index in [0.29, 0.717) is 27.9 Å². The van der Waals surface area contributed by atoms with E-state index in [4.69, 9.17) is 21.2 Å². The number of hydrogen-bond acceptors (Lipinski definition) is 6. The molecular formula is C20H17ClN4O5S. The second kappa shape index (κ2) is 9.56. The normalized spacial score (nSPS) is 11.4. The van der Waals surface area contributed by atoms with Crippen molar-refractivity contribution < 1.29 is 22.4 Å². The molecule has 0 unspecified atom stereocenters. The average Bonchev–Trinajstić information content (AvgIpc) is 3.18. The first-order valence-electron chi connectivity index (χ1n) is 8.81. The third-order valence-corrected chi connectivity index (χ3v) is 5.06. The molecule has 0 fully saturated rings. The van der Waals surface area contributed by atoms with E-state index >= 15 is 0 Å². The maximum atomic E-state index is 11.9. The number of carbonyl (C=O) groups excluding carboxylic acids is 2. The van der Waals surface area contributed by atoms with Gasteiger partial charge in [-0.05, 0) is 54.6 Å². The van der Waals surface area contributed by atoms with Crippen LogP contribution in [0, 0.1) is 0 Å². The topological polar surface area (TPSA) is 144 Å². The molecule has 4 N–H and O–H groups in total. The van der Waals surface area contributed by atoms with Gasteiger partial charge in [-0.25, -0.2) is 13.6 Å². The molecule has 31 heavy (non-hydrogen) atoms. The van der Waals surface area contributed by atoms with Gasteiger partial charge in [0.25, 0.3) is 0 Å². The van der Waals surface area contributed by atoms with Crippen LogP contribution in [0.25, 0.3) is 0 Å². The number of halogens is 1. The Morgan fingerprint density at radius 3 is 2.48 bits per heavy atom. The van der Waals surface area contributed by atoms with Crippen LogP contribution in [0.15, 0.2) is 75.0 Å². The van der Waals surface area contributed by atoms with Gasteiger partial charge in [0.15, 0.2) is 0 Å². The Bertz CT molecular complexity index is 1240. The number of furan rings is 1. The molecule has 3 rings (SSSR count). The molecule has 0 aliphatic rings. The molecular weight excluding hydrogens is 444 g/mol. The average molecular weight is 461 g/mol. The lowest BCUT2D eigenvalue weighted by Gasteiger charge is -2.05. The number of carbonyl (C=O) groups is 2. The number of amides is 2. The molecule has 2 amide bonds. The molecule has 1 aromatic heterocycles. The van der Waals surface area contributed by atoms with E-state index in [1.54, 1.807) is 30.3 Å². The molecule has 0 radical (unpaired) electrons. The maximum absolute atomic E-state index is 11.9. The van der Waals surface area contributed by atoms with E-state index in [1.807, 2.05) is 0 Å². The molecule has 1 heterocycles. The minimum Gasteiger partial charge on any atom is -0.458 e. The van der Waals surface area contributed by atoms with Crippen molar-refractivity contribution in [2.45, 2.75) is 11.4 Å². The molecule has 0 aliphatic carbocycles. The first-order valence-corrected chi connectivity index (χ1v) is 10.7. The summed E-state index contributed by atoms with van der Waals surface area (Å²) >= 11 is 5.84. The molecule has 0 atom stereocenters. The highest BCUT2D eigenvalue weighted by molar-refractivity contribution is 7.89. The Labute approximate surface area is 183 Å². The highest BCUT2D eigenvalue weighted by Gasteiger charge is 2.14. The maximum Gasteiger partial charge on any atom is 0.313 e. The van der Waals surface area contributed by atoms with Crippen molar-refractivity contribution >= 4 is 51.0 Å². The molecule has 0 aliphatic heterocycles. The summed E-state index contributed by atoms with van der Waals surface area (Å²) in [6, 6.07) is 15.4. The predicted octanol–water partition coefficient (Wildman–Crippen LogP) is 2.59. The van der Waals surface area contributed by atoms with Gasteiger partial charge >= 0.3 is 11.8 Å². The van der Waals surface area contributed by atoms with Gasteiger partial charge in [-0.2, -0.15) is 0 Å². The largest absolute Gasteiger partial charge is 0.458 e. The number of nitrogens with one attached hydrogen (secondary N) is 2. The third-order valence-electron chi connectivity index (χ3n) is 3.90. The van der Waals surface area contributed by atoms with Gasteiger partial charge in [-0.1, -0.05) is 17.7 Å². The fourth-order valence-electron chi connectivity index (χ4n) is 2.42. The molecule has 2 aromatic carbocycles. The van der Waals surface area contributed by atoms with Crippen molar-refractivity contribution in [3.8, 4) is 0 Å². The summed E-state index contributed by atoms with van der Waals surface area (Å²) in [4.78, 5) is 28.0. The number of nitrogens with zero attached hydrogens (tertiary/aromatic N) is 1. The van der Waals surface area contributed by atoms with E-state index in [1.165, 1.54) is 36.5 Å². The molecule has 0 saturated carbocycles. The van der Waals surface area contributed by atoms with Gasteiger partial charge < -0.3 is 15.1 Å². The van der Waals surface area contributed by atoms with Gasteiger partial charge in [-0.3, -0.25) is 14.6 Å². The predicted molar refractivity (Wildman–Crippen MR) is 116 cm³/mol. The Hall–Kier alpha value is -3.47. The summed E-state index contributed by atoms with van der Waals surface area (Å²) < 4.78 is 28.0. The van der Waals surface area contributed by atoms with Crippen molar-refractivity contribution in [2.75, 3.05) is 5.32 Å². The summed E-state index contributed by atoms with van der Waals surface area (Å²) in [5, 5.41) is 10.4. The molecule has 160 valence electrons. The lowest BCUT2D eigenvalue weighted by molar-refractivity contribution is -0.136. The number of benzene rings is 2. The van der Waals surface area contributed by atoms with Crippen LogP contribution in [0.1, 0.15) is 11.5 Å². The Kier molecular flexibility index (Phi) is 6.85. The van der Waals surface area contributed by atoms with E-state index in [-0.39, 0.29) is 11.4 Å². The van der Waals surface area contributed by atoms with Crippen LogP contribution in [0.2, 0.25) is 5.02 Å². The Morgan fingerprint density at radius 1 is 1.06 bits per heavy atom. The molecule has 3 aromatic rings. The quantitative estimate of drug-likeness (QED) is 0.382. The fourth-order valence-corrected chi connectivity index (χ4v) is 3.13. The number of sulfonamides is 1. The van der Waals surface area contributed by atoms with E-state index in [9.17, 15) is 18.0 Å². The number of aliphatic imine (C=N–C) groups is 1. The number of anilines is 1. The van der Waals surface area contributed by atoms with Crippen LogP contribution in [-0.2, 0) is 26.2 Å². The summed E-state index contributed by atoms with van der Waals surface area (Å²) in [7, 11) is -3.76. The fraction of sp³-hybridized carbons (Fsp3) is 0.0500. The minimum absolute atomic E-state index is 0.00129. The van der Waals surface area contributed by atoms with Crippen LogP contribution >= 0.6 is 11.6 Å². The Balaban J connectivity index is 1.53. The number of primary sulfonamides is 1. The van der Waals surface area contributed by atoms with Crippen LogP contribution in [0.5, 0.6) is 0 Å². The highest BCUT2D eigenvalue weighted by atomic mass is 35.5. The van der Waals surface area contributed by atoms with Crippen molar-refractivity contribution in [3.63, 3.8) is 0 Å². The zero-order valence-corrected chi connectivity index (χ0v) is 17.5. The second-order valence-electron chi connectivity index (χ2n) is 6.25. The van der Waals surface area contributed by atoms with Gasteiger partial charge in [0.2, 0.25) is 10.0 Å². The van der Waals surface area contributed by atoms with Crippen molar-refractivity contribution in [1.29, 1.82) is 0 Å². The summed E-state index contributed by atoms with van der Waals surface area (Å²) in [5.41, 5.74) is 0.901. The van der Waals surface area contributed by atoms with E-state index in [2.05, 4.69) is 15.6 Å². The Morgan fingerprint density at radius 2 is 1.81 bits per heavy atom. The summed E-state index contributed by atoms with van der Waals surface area (Å²) in [5.74, 6) is -0.849. The van der Waals surface area contributed by atoms with Crippen LogP contribution < -0.4 is 15.8 Å². The second-order valence-corrected chi connectivity index (χ2v) is 8.25. The van der Waals surface area contributed by atoms with Gasteiger partial charge in [-0.15, -0.1) is 0 Å². The van der Waals surface area contributed by atoms with Crippen molar-refractivity contribution in [1.82, 2.24) is 5.32 Å². The molecule has 9 nitrogen and oxygen atoms in total. The summed E-state index contributed by atoms with van der Waals surface area (Å²) in [6.45, 7) is -0.00129. The minimum atomic E-state index is -3.76. The third kappa shape index (κ3) is 6.51. The lowest BCUT2D eigenvalue weighted by atomic mass is 10.3. The summed E-state index contributed by atoms with van der Waals surface area (Å²) in [6.07, 6.45) is 1.43. The van der Waals surface area contributed by atoms with Gasteiger partial charge in [0.05, 0.1) is 23.3 Å². The number of nitrogens with two attached hydrogens (primary N) is 1. The highest BCUT2D eigenvalue weighted by Crippen LogP contribution is 2.16. The first kappa shape index (κ1) is 22.2. The van der Waals surface area contributed by atoms with E-state index in [0.717, 1.165) is 0 Å². The molecule has 0 saturated heterocycles. The van der Waals surface area contributed by atoms with Gasteiger partial charge in [0.1, 0.15) is 11.5 Å². The van der Waals surface area contributed by atoms with Crippen LogP contribution in [0.3, 0.4) is 0 Å². The van der Waals surface area contributed by atoms with Crippen molar-refractivity contribution in [3.05, 3.63) is 77.2 Å². The standard InChI is InChI=1S/C20H17ClN4O5S/c21-13-2-1-3-15(10-13)25-20(27)19(26)24-12-17-7-6-16(30-17)11-23-14-4-8-18(9-5-14)31(22,28)29/h1-11H,12H2,(H,24,26)(H,25,27)(H2,22,28,29). The zero-order chi connectivity index (χ0) is 22.4. The number of hydrogen-bond donors (Lipinski definition) is 3. The smallest absolute Gasteiger partial charge is 0.313 e. The molecule has 11 heteroatoms. The van der Waals surface area contributed by atoms with Crippen LogP contribution in [0.4, 0.5) is 11.4 Å². The molecule has 0 spiro atoms. The monoisotopic (exact) mass is 460 g/mol.